The molecule has 1 aromatic rings. The number of hydrogen-bond donors (Lipinski definition) is 2. The minimum absolute atomic E-state index is 0.140. The number of alkyl halides is 3. The van der Waals surface area contributed by atoms with Crippen molar-refractivity contribution in [1.82, 2.24) is 15.5 Å². The first-order valence-corrected chi connectivity index (χ1v) is 8.48. The summed E-state index contributed by atoms with van der Waals surface area (Å²) < 4.78 is 40.0. The highest BCUT2D eigenvalue weighted by Gasteiger charge is 2.52. The second-order valence-corrected chi connectivity index (χ2v) is 7.09. The Morgan fingerprint density at radius 1 is 1.22 bits per heavy atom. The van der Waals surface area contributed by atoms with Crippen LogP contribution in [0.3, 0.4) is 0 Å². The molecule has 9 heteroatoms. The van der Waals surface area contributed by atoms with Crippen molar-refractivity contribution in [3.8, 4) is 0 Å². The topological polar surface area (TPSA) is 78.5 Å². The first-order chi connectivity index (χ1) is 12.4. The number of benzene rings is 1. The molecule has 1 saturated heterocycles. The third kappa shape index (κ3) is 4.06. The van der Waals surface area contributed by atoms with E-state index >= 15 is 0 Å². The van der Waals surface area contributed by atoms with Gasteiger partial charge in [0, 0.05) is 6.04 Å². The summed E-state index contributed by atoms with van der Waals surface area (Å²) in [7, 11) is 0. The zero-order valence-electron chi connectivity index (χ0n) is 15.5. The van der Waals surface area contributed by atoms with E-state index in [2.05, 4.69) is 10.6 Å². The van der Waals surface area contributed by atoms with Crippen LogP contribution in [0.25, 0.3) is 0 Å². The fraction of sp³-hybridized carbons (Fsp3) is 0.500. The molecule has 0 radical (unpaired) electrons. The van der Waals surface area contributed by atoms with Crippen LogP contribution in [-0.4, -0.2) is 35.3 Å². The average Bonchev–Trinajstić information content (AvgIpc) is 2.78. The van der Waals surface area contributed by atoms with Crippen LogP contribution >= 0.6 is 0 Å². The normalized spacial score (nSPS) is 21.4. The Balaban J connectivity index is 2.29. The molecule has 2 atom stereocenters. The number of urea groups is 1. The van der Waals surface area contributed by atoms with Crippen LogP contribution in [-0.2, 0) is 21.3 Å². The van der Waals surface area contributed by atoms with Crippen LogP contribution in [0.15, 0.2) is 24.3 Å². The Bertz CT molecular complexity index is 764. The maximum absolute atomic E-state index is 13.3. The summed E-state index contributed by atoms with van der Waals surface area (Å²) in [6, 6.07) is 3.46. The number of amides is 4. The number of nitrogens with one attached hydrogen (secondary N) is 2. The molecule has 148 valence electrons. The highest BCUT2D eigenvalue weighted by atomic mass is 19.4. The van der Waals surface area contributed by atoms with E-state index in [0.717, 1.165) is 12.1 Å². The fourth-order valence-electron chi connectivity index (χ4n) is 2.80. The molecule has 1 heterocycles. The first kappa shape index (κ1) is 20.7. The van der Waals surface area contributed by atoms with Crippen molar-refractivity contribution >= 4 is 17.8 Å². The average molecular weight is 385 g/mol. The van der Waals surface area contributed by atoms with Gasteiger partial charge < -0.3 is 10.6 Å². The Kier molecular flexibility index (Phi) is 5.53. The zero-order chi connectivity index (χ0) is 20.6. The predicted octanol–water partition coefficient (Wildman–Crippen LogP) is 2.63. The van der Waals surface area contributed by atoms with Crippen molar-refractivity contribution in [2.75, 3.05) is 6.54 Å². The summed E-state index contributed by atoms with van der Waals surface area (Å²) in [5.74, 6) is -1.33. The molecule has 27 heavy (non-hydrogen) atoms. The number of rotatable bonds is 5. The summed E-state index contributed by atoms with van der Waals surface area (Å²) in [6.45, 7) is 6.20. The van der Waals surface area contributed by atoms with E-state index in [1.807, 2.05) is 13.8 Å². The molecule has 6 nitrogen and oxygen atoms in total. The van der Waals surface area contributed by atoms with E-state index in [4.69, 9.17) is 0 Å². The molecule has 2 N–H and O–H groups in total. The van der Waals surface area contributed by atoms with Crippen molar-refractivity contribution in [1.29, 1.82) is 0 Å². The van der Waals surface area contributed by atoms with E-state index < -0.39 is 41.7 Å². The van der Waals surface area contributed by atoms with Gasteiger partial charge in [0.25, 0.3) is 5.91 Å². The number of nitrogens with zero attached hydrogens (tertiary/aromatic N) is 1. The molecule has 0 bridgehead atoms. The summed E-state index contributed by atoms with van der Waals surface area (Å²) in [5, 5.41) is 4.96. The maximum atomic E-state index is 13.3. The fourth-order valence-corrected chi connectivity index (χ4v) is 2.80. The maximum Gasteiger partial charge on any atom is 0.416 e. The van der Waals surface area contributed by atoms with E-state index in [1.165, 1.54) is 19.1 Å². The van der Waals surface area contributed by atoms with E-state index in [1.54, 1.807) is 6.92 Å². The monoisotopic (exact) mass is 385 g/mol. The smallest absolute Gasteiger partial charge is 0.352 e. The summed E-state index contributed by atoms with van der Waals surface area (Å²) in [6.07, 6.45) is -4.69. The molecular formula is C18H22F3N3O3. The van der Waals surface area contributed by atoms with Gasteiger partial charge in [-0.3, -0.25) is 14.5 Å². The summed E-state index contributed by atoms with van der Waals surface area (Å²) >= 11 is 0. The van der Waals surface area contributed by atoms with Gasteiger partial charge in [0.1, 0.15) is 12.1 Å². The van der Waals surface area contributed by atoms with Gasteiger partial charge in [-0.15, -0.1) is 0 Å². The standard InChI is InChI=1S/C18H22F3N3O3/c1-10(2)11(3)22-14(25)9-24-15(26)17(4,23-16(24)27)12-7-5-6-8-13(12)18(19,20)21/h5-8,10-11H,9H2,1-4H3,(H,22,25)(H,23,27)/t11-,17+/m1/s1. The van der Waals surface area contributed by atoms with Crippen LogP contribution in [0.2, 0.25) is 0 Å². The van der Waals surface area contributed by atoms with E-state index in [9.17, 15) is 27.6 Å². The molecule has 0 unspecified atom stereocenters. The molecule has 1 aliphatic heterocycles. The zero-order valence-corrected chi connectivity index (χ0v) is 15.5. The van der Waals surface area contributed by atoms with Crippen molar-refractivity contribution in [2.45, 2.75) is 45.5 Å². The number of hydrogen-bond acceptors (Lipinski definition) is 3. The minimum atomic E-state index is -4.69. The lowest BCUT2D eigenvalue weighted by Crippen LogP contribution is -2.46. The minimum Gasteiger partial charge on any atom is -0.352 e. The largest absolute Gasteiger partial charge is 0.416 e. The third-order valence-corrected chi connectivity index (χ3v) is 4.74. The number of halogens is 3. The molecule has 1 aromatic carbocycles. The van der Waals surface area contributed by atoms with Gasteiger partial charge in [0.2, 0.25) is 5.91 Å². The van der Waals surface area contributed by atoms with Crippen LogP contribution in [0, 0.1) is 5.92 Å². The Morgan fingerprint density at radius 2 is 1.81 bits per heavy atom. The highest BCUT2D eigenvalue weighted by molar-refractivity contribution is 6.09. The Morgan fingerprint density at radius 3 is 2.37 bits per heavy atom. The van der Waals surface area contributed by atoms with Crippen molar-refractivity contribution in [3.63, 3.8) is 0 Å². The van der Waals surface area contributed by atoms with Crippen LogP contribution in [0.5, 0.6) is 0 Å². The van der Waals surface area contributed by atoms with Crippen LogP contribution < -0.4 is 10.6 Å². The lowest BCUT2D eigenvalue weighted by atomic mass is 9.87. The number of imide groups is 1. The van der Waals surface area contributed by atoms with Crippen molar-refractivity contribution in [3.05, 3.63) is 35.4 Å². The van der Waals surface area contributed by atoms with Gasteiger partial charge in [-0.25, -0.2) is 4.79 Å². The van der Waals surface area contributed by atoms with Crippen LogP contribution in [0.1, 0.15) is 38.8 Å². The molecule has 0 aliphatic carbocycles. The van der Waals surface area contributed by atoms with Crippen molar-refractivity contribution < 1.29 is 27.6 Å². The molecule has 2 rings (SSSR count). The van der Waals surface area contributed by atoms with Crippen molar-refractivity contribution in [2.24, 2.45) is 5.92 Å². The lowest BCUT2D eigenvalue weighted by molar-refractivity contribution is -0.140. The molecular weight excluding hydrogens is 363 g/mol. The number of carbonyl (C=O) groups excluding carboxylic acids is 3. The first-order valence-electron chi connectivity index (χ1n) is 8.48. The molecule has 1 fully saturated rings. The third-order valence-electron chi connectivity index (χ3n) is 4.74. The lowest BCUT2D eigenvalue weighted by Gasteiger charge is -2.26. The van der Waals surface area contributed by atoms with Gasteiger partial charge in [-0.2, -0.15) is 13.2 Å². The van der Waals surface area contributed by atoms with Gasteiger partial charge in [-0.1, -0.05) is 32.0 Å². The predicted molar refractivity (Wildman–Crippen MR) is 91.5 cm³/mol. The van der Waals surface area contributed by atoms with Gasteiger partial charge in [-0.05, 0) is 31.4 Å². The summed E-state index contributed by atoms with van der Waals surface area (Å²) in [5.41, 5.74) is -3.29. The molecule has 0 saturated carbocycles. The van der Waals surface area contributed by atoms with Gasteiger partial charge in [0.05, 0.1) is 5.56 Å². The Hall–Kier alpha value is -2.58. The number of carbonyl (C=O) groups is 3. The van der Waals surface area contributed by atoms with Gasteiger partial charge in [0.15, 0.2) is 0 Å². The Labute approximate surface area is 155 Å². The molecule has 4 amide bonds. The second-order valence-electron chi connectivity index (χ2n) is 7.09. The molecule has 0 aromatic heterocycles. The highest BCUT2D eigenvalue weighted by Crippen LogP contribution is 2.39. The molecule has 0 spiro atoms. The van der Waals surface area contributed by atoms with Gasteiger partial charge >= 0.3 is 12.2 Å². The molecule has 1 aliphatic rings. The van der Waals surface area contributed by atoms with Crippen LogP contribution in [0.4, 0.5) is 18.0 Å². The summed E-state index contributed by atoms with van der Waals surface area (Å²) in [4.78, 5) is 37.7. The SMILES string of the molecule is CC(C)[C@@H](C)NC(=O)CN1C(=O)N[C@@](C)(c2ccccc2C(F)(F)F)C1=O. The second kappa shape index (κ2) is 7.21. The van der Waals surface area contributed by atoms with E-state index in [0.29, 0.717) is 4.90 Å². The van der Waals surface area contributed by atoms with E-state index in [-0.39, 0.29) is 17.5 Å². The quantitative estimate of drug-likeness (QED) is 0.765.